The molecule has 98 valence electrons. The molecule has 3 heterocycles. The summed E-state index contributed by atoms with van der Waals surface area (Å²) in [7, 11) is 1.91. The number of amides is 1. The second-order valence-electron chi connectivity index (χ2n) is 5.53. The average molecular weight is 248 g/mol. The van der Waals surface area contributed by atoms with Crippen LogP contribution < -0.4 is 0 Å². The molecule has 2 aliphatic rings. The highest BCUT2D eigenvalue weighted by molar-refractivity contribution is 5.92. The third-order valence-corrected chi connectivity index (χ3v) is 4.19. The summed E-state index contributed by atoms with van der Waals surface area (Å²) >= 11 is 0. The molecule has 0 radical (unpaired) electrons. The first-order chi connectivity index (χ1) is 8.65. The molecule has 4 nitrogen and oxygen atoms in total. The number of aryl methyl sites for hydroxylation is 1. The number of carbonyl (C=O) groups is 1. The number of hydrogen-bond donors (Lipinski definition) is 0. The molecule has 3 rings (SSSR count). The van der Waals surface area contributed by atoms with Gasteiger partial charge in [-0.15, -0.1) is 0 Å². The minimum Gasteiger partial charge on any atom is -0.373 e. The van der Waals surface area contributed by atoms with Crippen LogP contribution in [0.3, 0.4) is 0 Å². The lowest BCUT2D eigenvalue weighted by molar-refractivity contribution is 0.00127. The molecule has 0 bridgehead atoms. The van der Waals surface area contributed by atoms with Crippen LogP contribution in [0.1, 0.15) is 30.3 Å². The Bertz CT molecular complexity index is 454. The van der Waals surface area contributed by atoms with Crippen LogP contribution in [0.25, 0.3) is 0 Å². The molecule has 1 aromatic heterocycles. The molecule has 4 heteroatoms. The second kappa shape index (κ2) is 4.43. The molecule has 2 aliphatic heterocycles. The zero-order valence-corrected chi connectivity index (χ0v) is 11.0. The number of piperidine rings is 1. The predicted molar refractivity (Wildman–Crippen MR) is 68.4 cm³/mol. The van der Waals surface area contributed by atoms with E-state index in [1.165, 1.54) is 0 Å². The normalized spacial score (nSPS) is 31.4. The monoisotopic (exact) mass is 248 g/mol. The Morgan fingerprint density at radius 1 is 1.50 bits per heavy atom. The zero-order valence-electron chi connectivity index (χ0n) is 11.0. The van der Waals surface area contributed by atoms with Crippen LogP contribution in [0.2, 0.25) is 0 Å². The number of fused-ring (bicyclic) bond motifs is 1. The van der Waals surface area contributed by atoms with E-state index >= 15 is 0 Å². The van der Waals surface area contributed by atoms with Gasteiger partial charge in [-0.05, 0) is 37.8 Å². The molecule has 2 saturated heterocycles. The van der Waals surface area contributed by atoms with Crippen LogP contribution in [0.4, 0.5) is 0 Å². The number of aromatic nitrogens is 1. The first-order valence-electron chi connectivity index (χ1n) is 6.71. The van der Waals surface area contributed by atoms with Gasteiger partial charge in [-0.3, -0.25) is 4.79 Å². The highest BCUT2D eigenvalue weighted by atomic mass is 16.5. The number of hydrogen-bond acceptors (Lipinski definition) is 2. The summed E-state index contributed by atoms with van der Waals surface area (Å²) in [6, 6.07) is 3.79. The van der Waals surface area contributed by atoms with Crippen LogP contribution >= 0.6 is 0 Å². The number of carbonyl (C=O) groups excluding carboxylic acids is 1. The largest absolute Gasteiger partial charge is 0.373 e. The summed E-state index contributed by atoms with van der Waals surface area (Å²) in [6.07, 6.45) is 4.74. The number of ether oxygens (including phenoxy) is 1. The maximum absolute atomic E-state index is 12.4. The van der Waals surface area contributed by atoms with Gasteiger partial charge < -0.3 is 14.2 Å². The quantitative estimate of drug-likeness (QED) is 0.757. The standard InChI is InChI=1S/C14H20N2O2/c1-10-8-11-5-7-16(9-13(11)18-10)14(17)12-4-3-6-15(12)2/h3-4,6,10-11,13H,5,7-9H2,1-2H3/t10-,11-,13+/m0/s1. The van der Waals surface area contributed by atoms with E-state index in [0.29, 0.717) is 12.0 Å². The Kier molecular flexibility index (Phi) is 2.90. The second-order valence-corrected chi connectivity index (χ2v) is 5.53. The van der Waals surface area contributed by atoms with Crippen LogP contribution in [-0.4, -0.2) is 40.7 Å². The Morgan fingerprint density at radius 3 is 3.06 bits per heavy atom. The van der Waals surface area contributed by atoms with Gasteiger partial charge in [0.2, 0.25) is 0 Å². The number of rotatable bonds is 1. The maximum atomic E-state index is 12.4. The molecule has 18 heavy (non-hydrogen) atoms. The van der Waals surface area contributed by atoms with Crippen LogP contribution in [0.5, 0.6) is 0 Å². The lowest BCUT2D eigenvalue weighted by Gasteiger charge is -2.34. The topological polar surface area (TPSA) is 34.5 Å². The summed E-state index contributed by atoms with van der Waals surface area (Å²) in [4.78, 5) is 14.3. The lowest BCUT2D eigenvalue weighted by Crippen LogP contribution is -2.45. The van der Waals surface area contributed by atoms with Crippen molar-refractivity contribution >= 4 is 5.91 Å². The highest BCUT2D eigenvalue weighted by Crippen LogP contribution is 2.33. The fourth-order valence-corrected chi connectivity index (χ4v) is 3.20. The first-order valence-corrected chi connectivity index (χ1v) is 6.71. The van der Waals surface area contributed by atoms with Crippen molar-refractivity contribution in [3.63, 3.8) is 0 Å². The van der Waals surface area contributed by atoms with Crippen LogP contribution in [0, 0.1) is 5.92 Å². The van der Waals surface area contributed by atoms with Crippen molar-refractivity contribution in [3.8, 4) is 0 Å². The Morgan fingerprint density at radius 2 is 2.33 bits per heavy atom. The molecule has 0 N–H and O–H groups in total. The van der Waals surface area contributed by atoms with Crippen molar-refractivity contribution in [1.82, 2.24) is 9.47 Å². The zero-order chi connectivity index (χ0) is 12.7. The van der Waals surface area contributed by atoms with Gasteiger partial charge in [0.05, 0.1) is 12.2 Å². The first kappa shape index (κ1) is 11.8. The summed E-state index contributed by atoms with van der Waals surface area (Å²) in [5.41, 5.74) is 0.763. The Hall–Kier alpha value is -1.29. The van der Waals surface area contributed by atoms with Gasteiger partial charge >= 0.3 is 0 Å². The molecule has 0 aliphatic carbocycles. The average Bonchev–Trinajstić information content (AvgIpc) is 2.91. The summed E-state index contributed by atoms with van der Waals surface area (Å²) in [5, 5.41) is 0. The van der Waals surface area contributed by atoms with Crippen molar-refractivity contribution < 1.29 is 9.53 Å². The van der Waals surface area contributed by atoms with Crippen LogP contribution in [-0.2, 0) is 11.8 Å². The number of likely N-dealkylation sites (tertiary alicyclic amines) is 1. The van der Waals surface area contributed by atoms with E-state index in [-0.39, 0.29) is 12.0 Å². The molecule has 0 aromatic carbocycles. The molecule has 0 saturated carbocycles. The van der Waals surface area contributed by atoms with Crippen molar-refractivity contribution in [1.29, 1.82) is 0 Å². The molecule has 0 spiro atoms. The van der Waals surface area contributed by atoms with Crippen molar-refractivity contribution in [2.45, 2.75) is 32.0 Å². The highest BCUT2D eigenvalue weighted by Gasteiger charge is 2.38. The number of nitrogens with zero attached hydrogens (tertiary/aromatic N) is 2. The Labute approximate surface area is 108 Å². The van der Waals surface area contributed by atoms with E-state index < -0.39 is 0 Å². The van der Waals surface area contributed by atoms with E-state index in [9.17, 15) is 4.79 Å². The van der Waals surface area contributed by atoms with Gasteiger partial charge in [0.25, 0.3) is 5.91 Å². The molecule has 0 unspecified atom stereocenters. The van der Waals surface area contributed by atoms with Crippen molar-refractivity contribution in [2.24, 2.45) is 13.0 Å². The summed E-state index contributed by atoms with van der Waals surface area (Å²) in [6.45, 7) is 3.74. The summed E-state index contributed by atoms with van der Waals surface area (Å²) < 4.78 is 7.77. The molecular formula is C14H20N2O2. The van der Waals surface area contributed by atoms with Gasteiger partial charge in [-0.1, -0.05) is 0 Å². The van der Waals surface area contributed by atoms with Gasteiger partial charge in [0.15, 0.2) is 0 Å². The molecule has 1 aromatic rings. The fourth-order valence-electron chi connectivity index (χ4n) is 3.20. The van der Waals surface area contributed by atoms with Gasteiger partial charge in [0, 0.05) is 26.3 Å². The van der Waals surface area contributed by atoms with E-state index in [2.05, 4.69) is 6.92 Å². The van der Waals surface area contributed by atoms with Gasteiger partial charge in [0.1, 0.15) is 5.69 Å². The van der Waals surface area contributed by atoms with E-state index in [4.69, 9.17) is 4.74 Å². The van der Waals surface area contributed by atoms with Crippen molar-refractivity contribution in [2.75, 3.05) is 13.1 Å². The van der Waals surface area contributed by atoms with E-state index in [0.717, 1.165) is 31.6 Å². The minimum atomic E-state index is 0.129. The Balaban J connectivity index is 1.71. The summed E-state index contributed by atoms with van der Waals surface area (Å²) in [5.74, 6) is 0.779. The van der Waals surface area contributed by atoms with E-state index in [1.807, 2.05) is 34.8 Å². The third kappa shape index (κ3) is 1.94. The molecule has 1 amide bonds. The fraction of sp³-hybridized carbons (Fsp3) is 0.643. The van der Waals surface area contributed by atoms with Crippen LogP contribution in [0.15, 0.2) is 18.3 Å². The minimum absolute atomic E-state index is 0.129. The predicted octanol–water partition coefficient (Wildman–Crippen LogP) is 1.66. The molecular weight excluding hydrogens is 228 g/mol. The van der Waals surface area contributed by atoms with Gasteiger partial charge in [-0.2, -0.15) is 0 Å². The maximum Gasteiger partial charge on any atom is 0.270 e. The SMILES string of the molecule is C[C@H]1C[C@@H]2CCN(C(=O)c3cccn3C)C[C@H]2O1. The molecule has 3 atom stereocenters. The van der Waals surface area contributed by atoms with Gasteiger partial charge in [-0.25, -0.2) is 0 Å². The smallest absolute Gasteiger partial charge is 0.270 e. The third-order valence-electron chi connectivity index (χ3n) is 4.19. The van der Waals surface area contributed by atoms with Crippen molar-refractivity contribution in [3.05, 3.63) is 24.0 Å². The lowest BCUT2D eigenvalue weighted by atomic mass is 9.92. The molecule has 2 fully saturated rings. The van der Waals surface area contributed by atoms with E-state index in [1.54, 1.807) is 0 Å².